The highest BCUT2D eigenvalue weighted by Gasteiger charge is 2.26. The second-order valence-corrected chi connectivity index (χ2v) is 7.20. The van der Waals surface area contributed by atoms with Crippen molar-refractivity contribution in [3.8, 4) is 11.5 Å². The van der Waals surface area contributed by atoms with Gasteiger partial charge in [-0.1, -0.05) is 6.42 Å². The molecular formula is C18H21N3O5S. The molecule has 3 rings (SSSR count). The van der Waals surface area contributed by atoms with E-state index in [9.17, 15) is 14.9 Å². The normalized spacial score (nSPS) is 13.4. The van der Waals surface area contributed by atoms with Crippen LogP contribution in [0.15, 0.2) is 12.1 Å². The van der Waals surface area contributed by atoms with Crippen LogP contribution in [-0.4, -0.2) is 29.5 Å². The van der Waals surface area contributed by atoms with Crippen LogP contribution in [-0.2, 0) is 12.8 Å². The third-order valence-corrected chi connectivity index (χ3v) is 5.41. The van der Waals surface area contributed by atoms with E-state index in [-0.39, 0.29) is 22.7 Å². The Morgan fingerprint density at radius 2 is 2.07 bits per heavy atom. The number of hydrogen-bond acceptors (Lipinski definition) is 7. The molecule has 0 atom stereocenters. The van der Waals surface area contributed by atoms with Crippen LogP contribution in [0.25, 0.3) is 0 Å². The first kappa shape index (κ1) is 19.1. The van der Waals surface area contributed by atoms with Crippen LogP contribution in [0.1, 0.15) is 47.1 Å². The minimum absolute atomic E-state index is 0.0919. The Morgan fingerprint density at radius 3 is 2.78 bits per heavy atom. The molecule has 1 aromatic carbocycles. The SMILES string of the molecule is CCOc1cc([N+](=O)[O-])c(C(=O)Nc2nc3c(s2)CCCCC3)cc1OC. The maximum absolute atomic E-state index is 12.7. The van der Waals surface area contributed by atoms with Gasteiger partial charge in [0.2, 0.25) is 0 Å². The molecule has 1 heterocycles. The quantitative estimate of drug-likeness (QED) is 0.454. The standard InChI is InChI=1S/C18H21N3O5S/c1-3-26-15-10-13(21(23)24)11(9-14(15)25-2)17(22)20-18-19-12-7-5-4-6-8-16(12)27-18/h9-10H,3-8H2,1-2H3,(H,19,20,22). The molecular weight excluding hydrogens is 370 g/mol. The Morgan fingerprint density at radius 1 is 1.30 bits per heavy atom. The van der Waals surface area contributed by atoms with Crippen molar-refractivity contribution in [2.45, 2.75) is 39.0 Å². The number of fused-ring (bicyclic) bond motifs is 1. The van der Waals surface area contributed by atoms with Crippen molar-refractivity contribution in [2.75, 3.05) is 19.0 Å². The Balaban J connectivity index is 1.90. The number of nitro benzene ring substituents is 1. The van der Waals surface area contributed by atoms with Gasteiger partial charge in [0.05, 0.1) is 30.4 Å². The molecule has 27 heavy (non-hydrogen) atoms. The van der Waals surface area contributed by atoms with Gasteiger partial charge in [-0.3, -0.25) is 20.2 Å². The van der Waals surface area contributed by atoms with E-state index in [0.717, 1.165) is 31.4 Å². The van der Waals surface area contributed by atoms with Gasteiger partial charge < -0.3 is 9.47 Å². The summed E-state index contributed by atoms with van der Waals surface area (Å²) < 4.78 is 10.6. The van der Waals surface area contributed by atoms with E-state index < -0.39 is 10.8 Å². The largest absolute Gasteiger partial charge is 0.493 e. The lowest BCUT2D eigenvalue weighted by Gasteiger charge is -2.11. The molecule has 0 fully saturated rings. The number of rotatable bonds is 6. The van der Waals surface area contributed by atoms with Gasteiger partial charge in [-0.25, -0.2) is 4.98 Å². The number of thiazole rings is 1. The van der Waals surface area contributed by atoms with Crippen LogP contribution in [0, 0.1) is 10.1 Å². The molecule has 1 aromatic heterocycles. The second-order valence-electron chi connectivity index (χ2n) is 6.11. The van der Waals surface area contributed by atoms with Gasteiger partial charge in [-0.05, 0) is 32.6 Å². The molecule has 9 heteroatoms. The lowest BCUT2D eigenvalue weighted by Crippen LogP contribution is -2.14. The Bertz CT molecular complexity index is 841. The number of anilines is 1. The van der Waals surface area contributed by atoms with Crippen LogP contribution >= 0.6 is 11.3 Å². The number of benzene rings is 1. The maximum Gasteiger partial charge on any atom is 0.286 e. The van der Waals surface area contributed by atoms with E-state index in [4.69, 9.17) is 9.47 Å². The summed E-state index contributed by atoms with van der Waals surface area (Å²) in [6.07, 6.45) is 5.25. The fraction of sp³-hybridized carbons (Fsp3) is 0.444. The number of nitrogens with one attached hydrogen (secondary N) is 1. The zero-order valence-corrected chi connectivity index (χ0v) is 16.1. The fourth-order valence-electron chi connectivity index (χ4n) is 3.06. The number of methoxy groups -OCH3 is 1. The van der Waals surface area contributed by atoms with Crippen LogP contribution in [0.5, 0.6) is 11.5 Å². The summed E-state index contributed by atoms with van der Waals surface area (Å²) in [7, 11) is 1.42. The van der Waals surface area contributed by atoms with Crippen molar-refractivity contribution in [1.29, 1.82) is 0 Å². The molecule has 1 N–H and O–H groups in total. The van der Waals surface area contributed by atoms with Crippen molar-refractivity contribution >= 4 is 28.1 Å². The topological polar surface area (TPSA) is 104 Å². The molecule has 0 aliphatic heterocycles. The predicted octanol–water partition coefficient (Wildman–Crippen LogP) is 3.98. The summed E-state index contributed by atoms with van der Waals surface area (Å²) in [6, 6.07) is 2.55. The summed E-state index contributed by atoms with van der Waals surface area (Å²) in [5.74, 6) is -0.0984. The predicted molar refractivity (Wildman–Crippen MR) is 102 cm³/mol. The molecule has 0 radical (unpaired) electrons. The van der Waals surface area contributed by atoms with E-state index in [2.05, 4.69) is 10.3 Å². The van der Waals surface area contributed by atoms with Gasteiger partial charge in [-0.2, -0.15) is 0 Å². The Kier molecular flexibility index (Phi) is 5.90. The molecule has 0 bridgehead atoms. The van der Waals surface area contributed by atoms with E-state index in [1.165, 1.54) is 41.9 Å². The number of carbonyl (C=O) groups excluding carboxylic acids is 1. The molecule has 144 valence electrons. The fourth-order valence-corrected chi connectivity index (χ4v) is 4.10. The van der Waals surface area contributed by atoms with Crippen molar-refractivity contribution in [1.82, 2.24) is 4.98 Å². The molecule has 0 saturated heterocycles. The average molecular weight is 391 g/mol. The zero-order chi connectivity index (χ0) is 19.4. The average Bonchev–Trinajstić information content (AvgIpc) is 2.89. The molecule has 0 unspecified atom stereocenters. The molecule has 8 nitrogen and oxygen atoms in total. The van der Waals surface area contributed by atoms with E-state index >= 15 is 0 Å². The first-order chi connectivity index (χ1) is 13.0. The van der Waals surface area contributed by atoms with Gasteiger partial charge in [0, 0.05) is 10.9 Å². The number of aromatic nitrogens is 1. The number of ether oxygens (including phenoxy) is 2. The number of hydrogen-bond donors (Lipinski definition) is 1. The second kappa shape index (κ2) is 8.34. The lowest BCUT2D eigenvalue weighted by atomic mass is 10.1. The third kappa shape index (κ3) is 4.19. The lowest BCUT2D eigenvalue weighted by molar-refractivity contribution is -0.385. The molecule has 1 amide bonds. The molecule has 0 spiro atoms. The van der Waals surface area contributed by atoms with Crippen LogP contribution in [0.4, 0.5) is 10.8 Å². The number of nitro groups is 1. The minimum Gasteiger partial charge on any atom is -0.493 e. The van der Waals surface area contributed by atoms with Crippen molar-refractivity contribution < 1.29 is 19.2 Å². The first-order valence-electron chi connectivity index (χ1n) is 8.82. The van der Waals surface area contributed by atoms with Crippen LogP contribution < -0.4 is 14.8 Å². The number of aryl methyl sites for hydroxylation is 2. The number of nitrogens with zero attached hydrogens (tertiary/aromatic N) is 2. The van der Waals surface area contributed by atoms with E-state index in [1.54, 1.807) is 6.92 Å². The highest BCUT2D eigenvalue weighted by Crippen LogP contribution is 2.36. The number of carbonyl (C=O) groups is 1. The van der Waals surface area contributed by atoms with Gasteiger partial charge in [-0.15, -0.1) is 11.3 Å². The van der Waals surface area contributed by atoms with Gasteiger partial charge in [0.25, 0.3) is 11.6 Å². The molecule has 0 saturated carbocycles. The van der Waals surface area contributed by atoms with E-state index in [0.29, 0.717) is 11.7 Å². The Hall–Kier alpha value is -2.68. The summed E-state index contributed by atoms with van der Waals surface area (Å²) in [4.78, 5) is 29.2. The van der Waals surface area contributed by atoms with Gasteiger partial charge in [0.1, 0.15) is 5.56 Å². The molecule has 1 aliphatic carbocycles. The third-order valence-electron chi connectivity index (χ3n) is 4.34. The van der Waals surface area contributed by atoms with Crippen LogP contribution in [0.2, 0.25) is 0 Å². The maximum atomic E-state index is 12.7. The van der Waals surface area contributed by atoms with Crippen LogP contribution in [0.3, 0.4) is 0 Å². The monoisotopic (exact) mass is 391 g/mol. The minimum atomic E-state index is -0.603. The number of amides is 1. The smallest absolute Gasteiger partial charge is 0.286 e. The summed E-state index contributed by atoms with van der Waals surface area (Å²) in [5.41, 5.74) is 0.590. The summed E-state index contributed by atoms with van der Waals surface area (Å²) in [6.45, 7) is 2.09. The summed E-state index contributed by atoms with van der Waals surface area (Å²) >= 11 is 1.44. The Labute approximate surface area is 160 Å². The van der Waals surface area contributed by atoms with Crippen molar-refractivity contribution in [3.05, 3.63) is 38.4 Å². The molecule has 1 aliphatic rings. The van der Waals surface area contributed by atoms with Gasteiger partial charge >= 0.3 is 0 Å². The first-order valence-corrected chi connectivity index (χ1v) is 9.64. The zero-order valence-electron chi connectivity index (χ0n) is 15.2. The molecule has 2 aromatic rings. The van der Waals surface area contributed by atoms with Gasteiger partial charge in [0.15, 0.2) is 16.6 Å². The van der Waals surface area contributed by atoms with Crippen molar-refractivity contribution in [2.24, 2.45) is 0 Å². The highest BCUT2D eigenvalue weighted by atomic mass is 32.1. The van der Waals surface area contributed by atoms with E-state index in [1.807, 2.05) is 0 Å². The van der Waals surface area contributed by atoms with Crippen molar-refractivity contribution in [3.63, 3.8) is 0 Å². The summed E-state index contributed by atoms with van der Waals surface area (Å²) in [5, 5.41) is 14.6. The highest BCUT2D eigenvalue weighted by molar-refractivity contribution is 7.15.